The van der Waals surface area contributed by atoms with Gasteiger partial charge in [-0.05, 0) is 49.9 Å². The van der Waals surface area contributed by atoms with Crippen LogP contribution in [0.5, 0.6) is 0 Å². The summed E-state index contributed by atoms with van der Waals surface area (Å²) in [7, 11) is -3.51. The number of aryl methyl sites for hydroxylation is 2. The summed E-state index contributed by atoms with van der Waals surface area (Å²) in [4.78, 5) is 14.3. The molecule has 1 aromatic carbocycles. The van der Waals surface area contributed by atoms with E-state index >= 15 is 0 Å². The van der Waals surface area contributed by atoms with Crippen LogP contribution in [-0.2, 0) is 10.0 Å². The Kier molecular flexibility index (Phi) is 6.46. The van der Waals surface area contributed by atoms with Crippen molar-refractivity contribution in [3.63, 3.8) is 0 Å². The van der Waals surface area contributed by atoms with Crippen molar-refractivity contribution >= 4 is 16.1 Å². The van der Waals surface area contributed by atoms with Gasteiger partial charge in [0.05, 0.1) is 4.90 Å². The SMILES string of the molecule is CCC(CC)NC(=O)N1CCN(S(=O)(=O)c2ccc(C)c(C)c2)CC1. The van der Waals surface area contributed by atoms with E-state index in [1.165, 1.54) is 4.31 Å². The Labute approximate surface area is 151 Å². The van der Waals surface area contributed by atoms with Crippen molar-refractivity contribution in [3.8, 4) is 0 Å². The quantitative estimate of drug-likeness (QED) is 0.869. The van der Waals surface area contributed by atoms with E-state index in [2.05, 4.69) is 5.32 Å². The Bertz CT molecular complexity index is 706. The molecule has 140 valence electrons. The molecule has 7 heteroatoms. The summed E-state index contributed by atoms with van der Waals surface area (Å²) < 4.78 is 27.1. The predicted octanol–water partition coefficient (Wildman–Crippen LogP) is 2.51. The first-order chi connectivity index (χ1) is 11.8. The minimum atomic E-state index is -3.51. The fourth-order valence-electron chi connectivity index (χ4n) is 2.91. The number of piperazine rings is 1. The van der Waals surface area contributed by atoms with Gasteiger partial charge in [0.15, 0.2) is 0 Å². The number of nitrogens with zero attached hydrogens (tertiary/aromatic N) is 2. The molecule has 1 aliphatic heterocycles. The molecule has 0 spiro atoms. The number of rotatable bonds is 5. The number of carbonyl (C=O) groups is 1. The van der Waals surface area contributed by atoms with Crippen molar-refractivity contribution in [1.29, 1.82) is 0 Å². The van der Waals surface area contributed by atoms with Crippen molar-refractivity contribution in [2.45, 2.75) is 51.5 Å². The van der Waals surface area contributed by atoms with Crippen molar-refractivity contribution < 1.29 is 13.2 Å². The fourth-order valence-corrected chi connectivity index (χ4v) is 4.42. The highest BCUT2D eigenvalue weighted by Crippen LogP contribution is 2.20. The van der Waals surface area contributed by atoms with Gasteiger partial charge >= 0.3 is 6.03 Å². The fraction of sp³-hybridized carbons (Fsp3) is 0.611. The molecule has 2 amide bonds. The Hall–Kier alpha value is -1.60. The molecule has 1 saturated heterocycles. The summed E-state index contributed by atoms with van der Waals surface area (Å²) >= 11 is 0. The molecule has 0 unspecified atom stereocenters. The zero-order chi connectivity index (χ0) is 18.6. The van der Waals surface area contributed by atoms with Crippen molar-refractivity contribution in [2.24, 2.45) is 0 Å². The van der Waals surface area contributed by atoms with Gasteiger partial charge in [0.2, 0.25) is 10.0 Å². The number of benzene rings is 1. The van der Waals surface area contributed by atoms with Gasteiger partial charge in [-0.2, -0.15) is 4.31 Å². The summed E-state index contributed by atoms with van der Waals surface area (Å²) in [6.45, 7) is 9.44. The van der Waals surface area contributed by atoms with Crippen molar-refractivity contribution in [1.82, 2.24) is 14.5 Å². The van der Waals surface area contributed by atoms with E-state index in [-0.39, 0.29) is 12.1 Å². The number of hydrogen-bond donors (Lipinski definition) is 1. The van der Waals surface area contributed by atoms with Crippen LogP contribution in [0.25, 0.3) is 0 Å². The topological polar surface area (TPSA) is 69.7 Å². The maximum Gasteiger partial charge on any atom is 0.317 e. The Morgan fingerprint density at radius 1 is 1.08 bits per heavy atom. The minimum Gasteiger partial charge on any atom is -0.335 e. The van der Waals surface area contributed by atoms with Crippen LogP contribution in [0.15, 0.2) is 23.1 Å². The lowest BCUT2D eigenvalue weighted by atomic mass is 10.1. The van der Waals surface area contributed by atoms with Crippen LogP contribution >= 0.6 is 0 Å². The molecule has 1 aliphatic rings. The molecule has 1 N–H and O–H groups in total. The Morgan fingerprint density at radius 2 is 1.68 bits per heavy atom. The average molecular weight is 368 g/mol. The molecule has 1 heterocycles. The van der Waals surface area contributed by atoms with Gasteiger partial charge in [0.1, 0.15) is 0 Å². The Balaban J connectivity index is 2.01. The van der Waals surface area contributed by atoms with Crippen LogP contribution < -0.4 is 5.32 Å². The van der Waals surface area contributed by atoms with E-state index in [4.69, 9.17) is 0 Å². The Morgan fingerprint density at radius 3 is 2.20 bits per heavy atom. The molecule has 0 radical (unpaired) electrons. The first kappa shape index (κ1) is 19.7. The average Bonchev–Trinajstić information content (AvgIpc) is 2.61. The van der Waals surface area contributed by atoms with Crippen LogP contribution in [0.4, 0.5) is 4.79 Å². The van der Waals surface area contributed by atoms with Gasteiger partial charge in [-0.15, -0.1) is 0 Å². The van der Waals surface area contributed by atoms with Crippen molar-refractivity contribution in [3.05, 3.63) is 29.3 Å². The monoisotopic (exact) mass is 367 g/mol. The molecule has 6 nitrogen and oxygen atoms in total. The van der Waals surface area contributed by atoms with Crippen LogP contribution in [0, 0.1) is 13.8 Å². The second-order valence-electron chi connectivity index (χ2n) is 6.60. The van der Waals surface area contributed by atoms with E-state index in [1.54, 1.807) is 17.0 Å². The highest BCUT2D eigenvalue weighted by atomic mass is 32.2. The molecule has 2 rings (SSSR count). The highest BCUT2D eigenvalue weighted by molar-refractivity contribution is 7.89. The molecular weight excluding hydrogens is 338 g/mol. The van der Waals surface area contributed by atoms with E-state index in [1.807, 2.05) is 33.8 Å². The number of nitrogens with one attached hydrogen (secondary N) is 1. The number of urea groups is 1. The van der Waals surface area contributed by atoms with E-state index in [9.17, 15) is 13.2 Å². The van der Waals surface area contributed by atoms with Crippen LogP contribution in [0.1, 0.15) is 37.8 Å². The molecule has 1 fully saturated rings. The van der Waals surface area contributed by atoms with Gasteiger partial charge in [0.25, 0.3) is 0 Å². The molecule has 1 aromatic rings. The maximum absolute atomic E-state index is 12.8. The van der Waals surface area contributed by atoms with Gasteiger partial charge in [-0.3, -0.25) is 0 Å². The van der Waals surface area contributed by atoms with Crippen LogP contribution in [0.2, 0.25) is 0 Å². The third kappa shape index (κ3) is 4.52. The number of sulfonamides is 1. The lowest BCUT2D eigenvalue weighted by Crippen LogP contribution is -2.54. The second kappa shape index (κ2) is 8.19. The standard InChI is InChI=1S/C18H29N3O3S/c1-5-16(6-2)19-18(22)20-9-11-21(12-10-20)25(23,24)17-8-7-14(3)15(4)13-17/h7-8,13,16H,5-6,9-12H2,1-4H3,(H,19,22). The number of hydrogen-bond acceptors (Lipinski definition) is 3. The van der Waals surface area contributed by atoms with Gasteiger partial charge in [-0.25, -0.2) is 13.2 Å². The van der Waals surface area contributed by atoms with E-state index in [0.29, 0.717) is 31.1 Å². The third-order valence-corrected chi connectivity index (χ3v) is 6.85. The van der Waals surface area contributed by atoms with Crippen LogP contribution in [0.3, 0.4) is 0 Å². The summed E-state index contributed by atoms with van der Waals surface area (Å²) in [5.74, 6) is 0. The molecule has 0 atom stereocenters. The highest BCUT2D eigenvalue weighted by Gasteiger charge is 2.30. The minimum absolute atomic E-state index is 0.100. The molecule has 0 aliphatic carbocycles. The van der Waals surface area contributed by atoms with Crippen LogP contribution in [-0.4, -0.2) is 55.9 Å². The normalized spacial score (nSPS) is 16.3. The molecule has 0 bridgehead atoms. The van der Waals surface area contributed by atoms with Gasteiger partial charge in [0, 0.05) is 32.2 Å². The summed E-state index contributed by atoms with van der Waals surface area (Å²) in [6.07, 6.45) is 1.78. The molecular formula is C18H29N3O3S. The summed E-state index contributed by atoms with van der Waals surface area (Å²) in [6, 6.07) is 5.28. The largest absolute Gasteiger partial charge is 0.335 e. The summed E-state index contributed by atoms with van der Waals surface area (Å²) in [5, 5.41) is 3.00. The van der Waals surface area contributed by atoms with Crippen molar-refractivity contribution in [2.75, 3.05) is 26.2 Å². The smallest absolute Gasteiger partial charge is 0.317 e. The first-order valence-electron chi connectivity index (χ1n) is 8.92. The third-order valence-electron chi connectivity index (χ3n) is 4.96. The molecule has 0 saturated carbocycles. The second-order valence-corrected chi connectivity index (χ2v) is 8.54. The maximum atomic E-state index is 12.8. The van der Waals surface area contributed by atoms with E-state index < -0.39 is 10.0 Å². The lowest BCUT2D eigenvalue weighted by Gasteiger charge is -2.34. The lowest BCUT2D eigenvalue weighted by molar-refractivity contribution is 0.168. The zero-order valence-electron chi connectivity index (χ0n) is 15.6. The van der Waals surface area contributed by atoms with Gasteiger partial charge in [-0.1, -0.05) is 19.9 Å². The summed E-state index contributed by atoms with van der Waals surface area (Å²) in [5.41, 5.74) is 2.03. The molecule has 25 heavy (non-hydrogen) atoms. The molecule has 0 aromatic heterocycles. The van der Waals surface area contributed by atoms with E-state index in [0.717, 1.165) is 24.0 Å². The van der Waals surface area contributed by atoms with Gasteiger partial charge < -0.3 is 10.2 Å². The number of carbonyl (C=O) groups excluding carboxylic acids is 1. The number of amides is 2. The zero-order valence-corrected chi connectivity index (χ0v) is 16.4. The predicted molar refractivity (Wildman–Crippen MR) is 99.1 cm³/mol. The first-order valence-corrected chi connectivity index (χ1v) is 10.4.